The number of amides is 2. The average molecular weight is 278 g/mol. The second-order valence-corrected chi connectivity index (χ2v) is 5.34. The third-order valence-corrected chi connectivity index (χ3v) is 3.40. The van der Waals surface area contributed by atoms with Gasteiger partial charge in [0.1, 0.15) is 0 Å². The van der Waals surface area contributed by atoms with Gasteiger partial charge in [-0.15, -0.1) is 0 Å². The molecule has 1 aromatic carbocycles. The molecule has 5 N–H and O–H groups in total. The van der Waals surface area contributed by atoms with Crippen LogP contribution in [-0.4, -0.2) is 22.8 Å². The molecule has 0 spiro atoms. The topological polar surface area (TPSA) is 111 Å². The number of nitrogens with zero attached hydrogens (tertiary/aromatic N) is 1. The highest BCUT2D eigenvalue weighted by Gasteiger charge is 2.13. The first kappa shape index (κ1) is 13.3. The number of hydrogen-bond acceptors (Lipinski definition) is 5. The van der Waals surface area contributed by atoms with Crippen LogP contribution in [0.4, 0.5) is 5.13 Å². The number of nitrogens with two attached hydrogens (primary N) is 2. The van der Waals surface area contributed by atoms with E-state index in [1.54, 1.807) is 25.1 Å². The normalized spacial score (nSPS) is 12.3. The average Bonchev–Trinajstić information content (AvgIpc) is 2.66. The molecule has 6 nitrogen and oxygen atoms in total. The molecule has 1 aromatic heterocycles. The number of nitrogen functional groups attached to an aromatic ring is 1. The predicted molar refractivity (Wildman–Crippen MR) is 74.8 cm³/mol. The highest BCUT2D eigenvalue weighted by molar-refractivity contribution is 7.22. The zero-order valence-corrected chi connectivity index (χ0v) is 11.2. The van der Waals surface area contributed by atoms with E-state index in [1.807, 2.05) is 0 Å². The van der Waals surface area contributed by atoms with Crippen LogP contribution in [0, 0.1) is 0 Å². The number of aromatic nitrogens is 1. The van der Waals surface area contributed by atoms with Gasteiger partial charge < -0.3 is 16.8 Å². The van der Waals surface area contributed by atoms with E-state index in [4.69, 9.17) is 11.5 Å². The number of nitrogens with one attached hydrogen (secondary N) is 1. The maximum Gasteiger partial charge on any atom is 0.251 e. The largest absolute Gasteiger partial charge is 0.375 e. The number of fused-ring (bicyclic) bond motifs is 1. The summed E-state index contributed by atoms with van der Waals surface area (Å²) in [7, 11) is 0. The molecular formula is C12H14N4O2S. The second-order valence-electron chi connectivity index (χ2n) is 4.28. The van der Waals surface area contributed by atoms with Crippen LogP contribution in [0.2, 0.25) is 0 Å². The molecule has 0 aliphatic rings. The molecule has 0 radical (unpaired) electrons. The number of benzene rings is 1. The first-order valence-corrected chi connectivity index (χ1v) is 6.52. The van der Waals surface area contributed by atoms with Crippen molar-refractivity contribution >= 4 is 38.5 Å². The molecule has 2 amide bonds. The minimum absolute atomic E-state index is 0.113. The monoisotopic (exact) mass is 278 g/mol. The van der Waals surface area contributed by atoms with Gasteiger partial charge in [0.15, 0.2) is 5.13 Å². The van der Waals surface area contributed by atoms with E-state index in [0.29, 0.717) is 10.7 Å². The number of hydrogen-bond donors (Lipinski definition) is 3. The molecule has 100 valence electrons. The molecule has 1 atom stereocenters. The molecule has 0 aliphatic heterocycles. The van der Waals surface area contributed by atoms with E-state index >= 15 is 0 Å². The van der Waals surface area contributed by atoms with Crippen molar-refractivity contribution in [3.8, 4) is 0 Å². The van der Waals surface area contributed by atoms with Crippen LogP contribution in [0.1, 0.15) is 23.7 Å². The van der Waals surface area contributed by atoms with Crippen LogP contribution in [0.3, 0.4) is 0 Å². The Balaban J connectivity index is 2.14. The number of carbonyl (C=O) groups is 2. The zero-order valence-electron chi connectivity index (χ0n) is 10.3. The van der Waals surface area contributed by atoms with Crippen LogP contribution in [0.5, 0.6) is 0 Å². The predicted octanol–water partition coefficient (Wildman–Crippen LogP) is 0.872. The first-order valence-electron chi connectivity index (χ1n) is 5.71. The van der Waals surface area contributed by atoms with Gasteiger partial charge in [0, 0.05) is 18.0 Å². The Bertz CT molecular complexity index is 638. The minimum Gasteiger partial charge on any atom is -0.375 e. The summed E-state index contributed by atoms with van der Waals surface area (Å²) in [4.78, 5) is 26.8. The van der Waals surface area contributed by atoms with Gasteiger partial charge in [-0.25, -0.2) is 4.98 Å². The fraction of sp³-hybridized carbons (Fsp3) is 0.250. The van der Waals surface area contributed by atoms with Gasteiger partial charge in [0.25, 0.3) is 5.91 Å². The standard InChI is InChI=1S/C12H14N4O2S/c1-6(4-10(13)17)15-11(18)7-2-3-8-9(5-7)19-12(14)16-8/h2-3,5-6H,4H2,1H3,(H2,13,17)(H2,14,16)(H,15,18). The third-order valence-electron chi connectivity index (χ3n) is 2.55. The molecule has 0 aliphatic carbocycles. The van der Waals surface area contributed by atoms with Crippen molar-refractivity contribution in [2.75, 3.05) is 5.73 Å². The second kappa shape index (κ2) is 5.23. The molecule has 1 unspecified atom stereocenters. The number of primary amides is 1. The zero-order chi connectivity index (χ0) is 14.0. The van der Waals surface area contributed by atoms with Crippen molar-refractivity contribution in [3.05, 3.63) is 23.8 Å². The van der Waals surface area contributed by atoms with E-state index in [2.05, 4.69) is 10.3 Å². The van der Waals surface area contributed by atoms with Gasteiger partial charge in [0.05, 0.1) is 10.2 Å². The third kappa shape index (κ3) is 3.19. The highest BCUT2D eigenvalue weighted by Crippen LogP contribution is 2.24. The van der Waals surface area contributed by atoms with Crippen molar-refractivity contribution in [2.45, 2.75) is 19.4 Å². The molecule has 0 saturated heterocycles. The summed E-state index contributed by atoms with van der Waals surface area (Å²) in [5.41, 5.74) is 12.0. The number of carbonyl (C=O) groups excluding carboxylic acids is 2. The molecule has 2 aromatic rings. The Kier molecular flexibility index (Phi) is 3.66. The Labute approximate surface area is 113 Å². The van der Waals surface area contributed by atoms with E-state index in [1.165, 1.54) is 11.3 Å². The van der Waals surface area contributed by atoms with Gasteiger partial charge in [-0.3, -0.25) is 9.59 Å². The summed E-state index contributed by atoms with van der Waals surface area (Å²) >= 11 is 1.33. The van der Waals surface area contributed by atoms with Gasteiger partial charge >= 0.3 is 0 Å². The molecule has 7 heteroatoms. The van der Waals surface area contributed by atoms with Crippen LogP contribution in [-0.2, 0) is 4.79 Å². The number of anilines is 1. The molecule has 1 heterocycles. The lowest BCUT2D eigenvalue weighted by atomic mass is 10.1. The van der Waals surface area contributed by atoms with Crippen LogP contribution in [0.25, 0.3) is 10.2 Å². The Hall–Kier alpha value is -2.15. The maximum absolute atomic E-state index is 12.0. The summed E-state index contributed by atoms with van der Waals surface area (Å²) in [5.74, 6) is -0.693. The SMILES string of the molecule is CC(CC(N)=O)NC(=O)c1ccc2nc(N)sc2c1. The summed E-state index contributed by atoms with van der Waals surface area (Å²) in [6, 6.07) is 4.85. The Morgan fingerprint density at radius 1 is 1.47 bits per heavy atom. The lowest BCUT2D eigenvalue weighted by Crippen LogP contribution is -2.35. The Morgan fingerprint density at radius 2 is 2.21 bits per heavy atom. The van der Waals surface area contributed by atoms with E-state index < -0.39 is 5.91 Å². The van der Waals surface area contributed by atoms with E-state index in [-0.39, 0.29) is 18.4 Å². The fourth-order valence-electron chi connectivity index (χ4n) is 1.74. The summed E-state index contributed by atoms with van der Waals surface area (Å²) < 4.78 is 0.854. The summed E-state index contributed by atoms with van der Waals surface area (Å²) in [6.45, 7) is 1.73. The van der Waals surface area contributed by atoms with Crippen molar-refractivity contribution in [1.82, 2.24) is 10.3 Å². The van der Waals surface area contributed by atoms with Gasteiger partial charge in [-0.1, -0.05) is 11.3 Å². The van der Waals surface area contributed by atoms with Crippen LogP contribution in [0.15, 0.2) is 18.2 Å². The van der Waals surface area contributed by atoms with Crippen molar-refractivity contribution < 1.29 is 9.59 Å². The lowest BCUT2D eigenvalue weighted by Gasteiger charge is -2.11. The van der Waals surface area contributed by atoms with E-state index in [0.717, 1.165) is 10.2 Å². The smallest absolute Gasteiger partial charge is 0.251 e. The van der Waals surface area contributed by atoms with Crippen LogP contribution >= 0.6 is 11.3 Å². The summed E-state index contributed by atoms with van der Waals surface area (Å²) in [6.07, 6.45) is 0.113. The molecular weight excluding hydrogens is 264 g/mol. The summed E-state index contributed by atoms with van der Waals surface area (Å²) in [5, 5.41) is 3.18. The Morgan fingerprint density at radius 3 is 2.89 bits per heavy atom. The highest BCUT2D eigenvalue weighted by atomic mass is 32.1. The lowest BCUT2D eigenvalue weighted by molar-refractivity contribution is -0.118. The molecule has 0 saturated carbocycles. The van der Waals surface area contributed by atoms with Crippen LogP contribution < -0.4 is 16.8 Å². The van der Waals surface area contributed by atoms with Gasteiger partial charge in [-0.05, 0) is 25.1 Å². The van der Waals surface area contributed by atoms with Crippen molar-refractivity contribution in [2.24, 2.45) is 5.73 Å². The number of rotatable bonds is 4. The first-order chi connectivity index (χ1) is 8.95. The fourth-order valence-corrected chi connectivity index (χ4v) is 2.52. The van der Waals surface area contributed by atoms with Crippen molar-refractivity contribution in [1.29, 1.82) is 0 Å². The van der Waals surface area contributed by atoms with Gasteiger partial charge in [0.2, 0.25) is 5.91 Å². The molecule has 0 fully saturated rings. The van der Waals surface area contributed by atoms with Crippen molar-refractivity contribution in [3.63, 3.8) is 0 Å². The minimum atomic E-state index is -0.446. The molecule has 19 heavy (non-hydrogen) atoms. The quantitative estimate of drug-likeness (QED) is 0.770. The molecule has 2 rings (SSSR count). The maximum atomic E-state index is 12.0. The van der Waals surface area contributed by atoms with Gasteiger partial charge in [-0.2, -0.15) is 0 Å². The number of thiazole rings is 1. The van der Waals surface area contributed by atoms with E-state index in [9.17, 15) is 9.59 Å². The molecule has 0 bridgehead atoms.